The molecule has 0 aliphatic carbocycles. The molecule has 2 aliphatic rings. The summed E-state index contributed by atoms with van der Waals surface area (Å²) in [6.45, 7) is -4.21. The molecule has 2 unspecified atom stereocenters. The third kappa shape index (κ3) is 22.5. The highest BCUT2D eigenvalue weighted by Gasteiger charge is 2.57. The number of aliphatic hydroxyl groups is 6. The Morgan fingerprint density at radius 3 is 1.16 bits per heavy atom. The standard InChI is InChI=1S/C68H82F2N6O20S2/c69-37-55(83)75-57-49(77)35-67(65(89)90,95-61(57)59(85)51(79)39-73-53(81)33-41-13-17-45(18-14-41)43-9-3-1-4-10-43)93-27-7-29-97-31-25-71-63(87)47-21-23-48(24-22-47)64(88)72-26-32-98-30-8-28-94-68(66(91)92)36-50(78)58(76-56(84)38-70)62(96-68)60(86)52(80)40-74-54(82)34-42-15-19-46(20-16-42)44-11-5-2-6-12-44/h1-6,9-24,49-52,57-62,77-80,85-86H,7-8,25-40H2,(H,71,87)(H,72,88)(H,73,81)(H,74,82)(H,75,83)(H,76,84)(H,89,90)(H,91,92)/t49-,50-,51+,52+,57+,58+,59?,60?,61+,62+,67+,68+/m0/s1. The number of aliphatic hydroxyl groups excluding tert-OH is 6. The van der Waals surface area contributed by atoms with Crippen molar-refractivity contribution in [2.24, 2.45) is 0 Å². The highest BCUT2D eigenvalue weighted by atomic mass is 32.2. The number of nitrogens with one attached hydrogen (secondary N) is 6. The molecule has 98 heavy (non-hydrogen) atoms. The number of ether oxygens (including phenoxy) is 4. The molecule has 530 valence electrons. The minimum atomic E-state index is -2.59. The number of hydrogen-bond acceptors (Lipinski definition) is 20. The van der Waals surface area contributed by atoms with Gasteiger partial charge >= 0.3 is 11.9 Å². The van der Waals surface area contributed by atoms with Crippen molar-refractivity contribution in [3.8, 4) is 22.3 Å². The predicted octanol–water partition coefficient (Wildman–Crippen LogP) is 1.69. The molecule has 2 fully saturated rings. The predicted molar refractivity (Wildman–Crippen MR) is 356 cm³/mol. The van der Waals surface area contributed by atoms with Crippen molar-refractivity contribution < 1.29 is 107 Å². The first-order valence-electron chi connectivity index (χ1n) is 31.6. The van der Waals surface area contributed by atoms with E-state index in [2.05, 4.69) is 31.9 Å². The molecule has 0 saturated carbocycles. The largest absolute Gasteiger partial charge is 0.477 e. The van der Waals surface area contributed by atoms with Gasteiger partial charge in [-0.05, 0) is 82.0 Å². The molecule has 2 heterocycles. The van der Waals surface area contributed by atoms with Crippen molar-refractivity contribution in [1.82, 2.24) is 31.9 Å². The van der Waals surface area contributed by atoms with Gasteiger partial charge in [-0.15, -0.1) is 0 Å². The summed E-state index contributed by atoms with van der Waals surface area (Å²) in [6.07, 6.45) is -16.3. The Bertz CT molecular complexity index is 3190. The smallest absolute Gasteiger partial charge is 0.364 e. The van der Waals surface area contributed by atoms with Crippen LogP contribution in [0.3, 0.4) is 0 Å². The molecule has 6 amide bonds. The summed E-state index contributed by atoms with van der Waals surface area (Å²) in [4.78, 5) is 101. The number of carbonyl (C=O) groups is 8. The van der Waals surface area contributed by atoms with E-state index in [9.17, 15) is 88.0 Å². The third-order valence-corrected chi connectivity index (χ3v) is 18.2. The van der Waals surface area contributed by atoms with Gasteiger partial charge in [0.25, 0.3) is 35.2 Å². The Balaban J connectivity index is 0.775. The molecule has 0 aromatic heterocycles. The van der Waals surface area contributed by atoms with E-state index in [4.69, 9.17) is 18.9 Å². The van der Waals surface area contributed by atoms with E-state index in [1.807, 2.05) is 84.9 Å². The van der Waals surface area contributed by atoms with Crippen LogP contribution < -0.4 is 31.9 Å². The van der Waals surface area contributed by atoms with E-state index >= 15 is 0 Å². The zero-order valence-corrected chi connectivity index (χ0v) is 54.9. The lowest BCUT2D eigenvalue weighted by Gasteiger charge is -2.46. The van der Waals surface area contributed by atoms with Crippen molar-refractivity contribution in [1.29, 1.82) is 0 Å². The Morgan fingerprint density at radius 2 is 0.827 bits per heavy atom. The van der Waals surface area contributed by atoms with Gasteiger partial charge in [0.1, 0.15) is 24.4 Å². The summed E-state index contributed by atoms with van der Waals surface area (Å²) in [5.41, 5.74) is 5.67. The minimum Gasteiger partial charge on any atom is -0.477 e. The van der Waals surface area contributed by atoms with E-state index in [1.165, 1.54) is 47.8 Å². The second-order valence-electron chi connectivity index (χ2n) is 23.2. The third-order valence-electron chi connectivity index (χ3n) is 16.0. The van der Waals surface area contributed by atoms with Gasteiger partial charge in [0.2, 0.25) is 11.8 Å². The zero-order chi connectivity index (χ0) is 70.8. The maximum Gasteiger partial charge on any atom is 0.364 e. The van der Waals surface area contributed by atoms with Gasteiger partial charge in [-0.25, -0.2) is 18.4 Å². The molecule has 2 aliphatic heterocycles. The van der Waals surface area contributed by atoms with Gasteiger partial charge in [0, 0.05) is 61.7 Å². The van der Waals surface area contributed by atoms with Crippen LogP contribution in [0, 0.1) is 0 Å². The SMILES string of the molecule is O=C(Cc1ccc(-c2ccccc2)cc1)NC[C@@H](O)C(O)[C@@H]1O[C@@](OCCCSCCNC(=O)c2ccc(C(=O)NCCSCCCO[C@]3(C(=O)O)C[C@H](O)[C@@H](NC(=O)CF)[C@H](C(O)[C@H](O)CNC(=O)Cc4ccc(-c5ccccc5)cc4)O3)cc2)(C(=O)O)C[C@H](O)[C@H]1NC(=O)CF. The zero-order valence-electron chi connectivity index (χ0n) is 53.3. The number of carboxylic acid groups (broad SMARTS) is 2. The van der Waals surface area contributed by atoms with Crippen LogP contribution >= 0.6 is 23.5 Å². The van der Waals surface area contributed by atoms with Gasteiger partial charge in [-0.1, -0.05) is 109 Å². The van der Waals surface area contributed by atoms with E-state index in [-0.39, 0.29) is 63.1 Å². The molecule has 30 heteroatoms. The van der Waals surface area contributed by atoms with Crippen LogP contribution in [0.1, 0.15) is 57.5 Å². The van der Waals surface area contributed by atoms with Crippen LogP contribution in [0.15, 0.2) is 133 Å². The van der Waals surface area contributed by atoms with Gasteiger partial charge in [0.05, 0.1) is 62.6 Å². The van der Waals surface area contributed by atoms with Gasteiger partial charge in [-0.3, -0.25) is 28.8 Å². The summed E-state index contributed by atoms with van der Waals surface area (Å²) in [7, 11) is 0. The van der Waals surface area contributed by atoms with Gasteiger partial charge in [0.15, 0.2) is 13.3 Å². The maximum absolute atomic E-state index is 13.4. The first-order chi connectivity index (χ1) is 47.0. The lowest BCUT2D eigenvalue weighted by atomic mass is 9.88. The van der Waals surface area contributed by atoms with E-state index in [0.717, 1.165) is 22.3 Å². The number of carbonyl (C=O) groups excluding carboxylic acids is 6. The Morgan fingerprint density at radius 1 is 0.480 bits per heavy atom. The average Bonchev–Trinajstić information content (AvgIpc) is 0.778. The molecule has 0 bridgehead atoms. The van der Waals surface area contributed by atoms with Crippen molar-refractivity contribution in [3.05, 3.63) is 156 Å². The Hall–Kier alpha value is -7.98. The summed E-state index contributed by atoms with van der Waals surface area (Å²) < 4.78 is 49.6. The maximum atomic E-state index is 13.4. The summed E-state index contributed by atoms with van der Waals surface area (Å²) in [5.74, 6) is -11.3. The fourth-order valence-electron chi connectivity index (χ4n) is 10.8. The number of aliphatic carboxylic acids is 2. The quantitative estimate of drug-likeness (QED) is 0.0250. The molecule has 5 aromatic carbocycles. The molecular formula is C68H82F2N6O20S2. The Kier molecular flexibility index (Phi) is 30.3. The number of thioether (sulfide) groups is 2. The van der Waals surface area contributed by atoms with Crippen LogP contribution in [-0.2, 0) is 60.6 Å². The number of hydrogen-bond donors (Lipinski definition) is 14. The first kappa shape index (κ1) is 77.4. The summed E-state index contributed by atoms with van der Waals surface area (Å²) in [5, 5.41) is 102. The fourth-order valence-corrected chi connectivity index (χ4v) is 12.4. The van der Waals surface area contributed by atoms with E-state index in [0.29, 0.717) is 34.1 Å². The Labute approximate surface area is 571 Å². The van der Waals surface area contributed by atoms with E-state index < -0.39 is 159 Å². The second kappa shape index (κ2) is 38.4. The van der Waals surface area contributed by atoms with Crippen LogP contribution in [0.4, 0.5) is 8.78 Å². The fraction of sp³-hybridized carbons (Fsp3) is 0.441. The van der Waals surface area contributed by atoms with Crippen LogP contribution in [0.25, 0.3) is 22.3 Å². The molecule has 2 saturated heterocycles. The second-order valence-corrected chi connectivity index (χ2v) is 25.6. The topological polar surface area (TPSA) is 407 Å². The first-order valence-corrected chi connectivity index (χ1v) is 33.9. The van der Waals surface area contributed by atoms with E-state index in [1.54, 1.807) is 24.3 Å². The number of carboxylic acids is 2. The number of alkyl halides is 2. The molecule has 5 aromatic rings. The summed E-state index contributed by atoms with van der Waals surface area (Å²) >= 11 is 2.77. The molecule has 14 N–H and O–H groups in total. The van der Waals surface area contributed by atoms with Crippen LogP contribution in [0.2, 0.25) is 0 Å². The molecule has 12 atom stereocenters. The molecular weight excluding hydrogens is 1320 g/mol. The van der Waals surface area contributed by atoms with Crippen LogP contribution in [-0.4, -0.2) is 236 Å². The average molecular weight is 1410 g/mol. The molecule has 26 nitrogen and oxygen atoms in total. The highest BCUT2D eigenvalue weighted by molar-refractivity contribution is 7.99. The monoisotopic (exact) mass is 1400 g/mol. The minimum absolute atomic E-state index is 0.0887. The summed E-state index contributed by atoms with van der Waals surface area (Å²) in [6, 6.07) is 36.3. The number of benzene rings is 5. The highest BCUT2D eigenvalue weighted by Crippen LogP contribution is 2.36. The number of rotatable bonds is 38. The van der Waals surface area contributed by atoms with Gasteiger partial charge < -0.3 is 91.7 Å². The normalized spacial score (nSPS) is 21.8. The van der Waals surface area contributed by atoms with Crippen molar-refractivity contribution in [2.75, 3.05) is 75.8 Å². The lowest BCUT2D eigenvalue weighted by Crippen LogP contribution is -2.68. The molecule has 0 spiro atoms. The molecule has 7 rings (SSSR count). The lowest BCUT2D eigenvalue weighted by molar-refractivity contribution is -0.310. The molecule has 0 radical (unpaired) electrons. The van der Waals surface area contributed by atoms with Crippen molar-refractivity contribution in [2.45, 2.75) is 111 Å². The van der Waals surface area contributed by atoms with Crippen LogP contribution in [0.5, 0.6) is 0 Å². The van der Waals surface area contributed by atoms with Crippen molar-refractivity contribution >= 4 is 70.9 Å². The number of halogens is 2. The number of amides is 6. The van der Waals surface area contributed by atoms with Gasteiger partial charge in [-0.2, -0.15) is 23.5 Å². The van der Waals surface area contributed by atoms with Crippen molar-refractivity contribution in [3.63, 3.8) is 0 Å².